The summed E-state index contributed by atoms with van der Waals surface area (Å²) in [5.41, 5.74) is 5.72. The monoisotopic (exact) mass is 211 g/mol. The summed E-state index contributed by atoms with van der Waals surface area (Å²) in [6.45, 7) is 5.45. The Hall–Kier alpha value is -1.50. The van der Waals surface area contributed by atoms with Gasteiger partial charge in [0.25, 0.3) is 0 Å². The van der Waals surface area contributed by atoms with Gasteiger partial charge in [-0.15, -0.1) is 0 Å². The highest BCUT2D eigenvalue weighted by Gasteiger charge is 2.15. The first-order chi connectivity index (χ1) is 7.81. The predicted octanol–water partition coefficient (Wildman–Crippen LogP) is 3.93. The van der Waals surface area contributed by atoms with Gasteiger partial charge in [0.1, 0.15) is 0 Å². The van der Waals surface area contributed by atoms with Crippen molar-refractivity contribution in [1.29, 1.82) is 0 Å². The molecule has 3 rings (SSSR count). The first kappa shape index (κ1) is 9.71. The van der Waals surface area contributed by atoms with Crippen LogP contribution in [0.5, 0.6) is 0 Å². The summed E-state index contributed by atoms with van der Waals surface area (Å²) in [5, 5.41) is 1.46. The van der Waals surface area contributed by atoms with E-state index in [2.05, 4.69) is 48.8 Å². The van der Waals surface area contributed by atoms with Gasteiger partial charge in [-0.25, -0.2) is 0 Å². The van der Waals surface area contributed by atoms with E-state index in [1.165, 1.54) is 35.0 Å². The molecule has 82 valence electrons. The number of rotatable bonds is 1. The molecule has 2 aromatic rings. The number of fused-ring (bicyclic) bond motifs is 3. The highest BCUT2D eigenvalue weighted by atomic mass is 15.0. The van der Waals surface area contributed by atoms with Gasteiger partial charge < -0.3 is 4.57 Å². The lowest BCUT2D eigenvalue weighted by Crippen LogP contribution is -1.99. The van der Waals surface area contributed by atoms with Crippen molar-refractivity contribution in [3.05, 3.63) is 41.1 Å². The summed E-state index contributed by atoms with van der Waals surface area (Å²) >= 11 is 0. The maximum Gasteiger partial charge on any atom is 0.0488 e. The van der Waals surface area contributed by atoms with Crippen molar-refractivity contribution in [1.82, 2.24) is 4.57 Å². The maximum absolute atomic E-state index is 2.43. The maximum atomic E-state index is 2.43. The van der Waals surface area contributed by atoms with Crippen LogP contribution in [0.1, 0.15) is 30.2 Å². The van der Waals surface area contributed by atoms with Crippen molar-refractivity contribution < 1.29 is 0 Å². The van der Waals surface area contributed by atoms with Crippen LogP contribution in [-0.4, -0.2) is 4.57 Å². The van der Waals surface area contributed by atoms with Crippen molar-refractivity contribution in [2.45, 2.75) is 33.2 Å². The summed E-state index contributed by atoms with van der Waals surface area (Å²) in [6, 6.07) is 6.81. The van der Waals surface area contributed by atoms with Crippen molar-refractivity contribution in [3.8, 4) is 0 Å². The third kappa shape index (κ3) is 1.24. The van der Waals surface area contributed by atoms with Crippen molar-refractivity contribution in [3.63, 3.8) is 0 Å². The number of aryl methyl sites for hydroxylation is 3. The summed E-state index contributed by atoms with van der Waals surface area (Å²) in [4.78, 5) is 0. The molecule has 0 amide bonds. The molecule has 1 aliphatic rings. The molecule has 0 atom stereocenters. The van der Waals surface area contributed by atoms with E-state index in [-0.39, 0.29) is 0 Å². The lowest BCUT2D eigenvalue weighted by molar-refractivity contribution is 0.778. The number of nitrogens with zero attached hydrogens (tertiary/aromatic N) is 1. The molecule has 0 N–H and O–H groups in total. The predicted molar refractivity (Wildman–Crippen MR) is 69.7 cm³/mol. The zero-order valence-electron chi connectivity index (χ0n) is 9.96. The van der Waals surface area contributed by atoms with E-state index in [1.807, 2.05) is 0 Å². The molecule has 1 heteroatoms. The fourth-order valence-electron chi connectivity index (χ4n) is 2.77. The van der Waals surface area contributed by atoms with Crippen LogP contribution in [-0.2, 0) is 13.0 Å². The Morgan fingerprint density at radius 3 is 3.00 bits per heavy atom. The second-order valence-corrected chi connectivity index (χ2v) is 4.57. The molecule has 0 radical (unpaired) electrons. The van der Waals surface area contributed by atoms with Gasteiger partial charge >= 0.3 is 0 Å². The average molecular weight is 211 g/mol. The van der Waals surface area contributed by atoms with Crippen molar-refractivity contribution >= 4 is 17.0 Å². The second kappa shape index (κ2) is 3.51. The molecule has 1 aliphatic carbocycles. The molecule has 16 heavy (non-hydrogen) atoms. The van der Waals surface area contributed by atoms with Crippen LogP contribution in [0.15, 0.2) is 24.3 Å². The zero-order chi connectivity index (χ0) is 11.1. The smallest absolute Gasteiger partial charge is 0.0488 e. The van der Waals surface area contributed by atoms with Gasteiger partial charge in [0.05, 0.1) is 0 Å². The van der Waals surface area contributed by atoms with Gasteiger partial charge in [-0.3, -0.25) is 0 Å². The lowest BCUT2D eigenvalue weighted by Gasteiger charge is -2.08. The van der Waals surface area contributed by atoms with Crippen LogP contribution in [0.25, 0.3) is 17.0 Å². The minimum absolute atomic E-state index is 1.05. The summed E-state index contributed by atoms with van der Waals surface area (Å²) in [5.74, 6) is 0. The van der Waals surface area contributed by atoms with Gasteiger partial charge in [0.15, 0.2) is 0 Å². The van der Waals surface area contributed by atoms with Gasteiger partial charge in [0.2, 0.25) is 0 Å². The fourth-order valence-corrected chi connectivity index (χ4v) is 2.77. The Morgan fingerprint density at radius 2 is 2.19 bits per heavy atom. The van der Waals surface area contributed by atoms with E-state index >= 15 is 0 Å². The highest BCUT2D eigenvalue weighted by molar-refractivity contribution is 5.89. The minimum atomic E-state index is 1.05. The molecule has 0 spiro atoms. The third-order valence-corrected chi connectivity index (χ3v) is 3.52. The quantitative estimate of drug-likeness (QED) is 0.673. The molecule has 0 saturated heterocycles. The van der Waals surface area contributed by atoms with Gasteiger partial charge in [0, 0.05) is 23.1 Å². The zero-order valence-corrected chi connectivity index (χ0v) is 9.96. The molecule has 1 aromatic heterocycles. The SMILES string of the molecule is CCn1c2c(c3cc(C)ccc31)CCC=C2. The van der Waals surface area contributed by atoms with Crippen LogP contribution >= 0.6 is 0 Å². The van der Waals surface area contributed by atoms with Crippen LogP contribution in [0.3, 0.4) is 0 Å². The number of allylic oxidation sites excluding steroid dienone is 1. The normalized spacial score (nSPS) is 14.4. The summed E-state index contributed by atoms with van der Waals surface area (Å²) in [7, 11) is 0. The van der Waals surface area contributed by atoms with Crippen molar-refractivity contribution in [2.24, 2.45) is 0 Å². The van der Waals surface area contributed by atoms with E-state index in [9.17, 15) is 0 Å². The topological polar surface area (TPSA) is 4.93 Å². The van der Waals surface area contributed by atoms with Crippen LogP contribution in [0.2, 0.25) is 0 Å². The molecule has 0 saturated carbocycles. The standard InChI is InChI=1S/C15H17N/c1-3-16-14-7-5-4-6-12(14)13-10-11(2)8-9-15(13)16/h5,7-10H,3-4,6H2,1-2H3. The largest absolute Gasteiger partial charge is 0.341 e. The van der Waals surface area contributed by atoms with Crippen molar-refractivity contribution in [2.75, 3.05) is 0 Å². The van der Waals surface area contributed by atoms with E-state index in [0.717, 1.165) is 6.54 Å². The molecule has 0 aliphatic heterocycles. The molecule has 1 heterocycles. The Balaban J connectivity index is 2.42. The average Bonchev–Trinajstić information content (AvgIpc) is 2.62. The Kier molecular flexibility index (Phi) is 2.13. The second-order valence-electron chi connectivity index (χ2n) is 4.57. The van der Waals surface area contributed by atoms with E-state index in [4.69, 9.17) is 0 Å². The van der Waals surface area contributed by atoms with E-state index in [0.29, 0.717) is 0 Å². The minimum Gasteiger partial charge on any atom is -0.341 e. The van der Waals surface area contributed by atoms with Gasteiger partial charge in [-0.1, -0.05) is 17.7 Å². The Labute approximate surface area is 96.4 Å². The molecule has 1 nitrogen and oxygen atoms in total. The van der Waals surface area contributed by atoms with Crippen LogP contribution in [0, 0.1) is 6.92 Å². The molecular formula is C15H17N. The van der Waals surface area contributed by atoms with E-state index in [1.54, 1.807) is 5.56 Å². The number of hydrogen-bond donors (Lipinski definition) is 0. The van der Waals surface area contributed by atoms with E-state index < -0.39 is 0 Å². The Bertz CT molecular complexity index is 573. The third-order valence-electron chi connectivity index (χ3n) is 3.52. The molecule has 0 unspecified atom stereocenters. The first-order valence-corrected chi connectivity index (χ1v) is 6.09. The molecule has 0 fully saturated rings. The number of hydrogen-bond acceptors (Lipinski definition) is 0. The summed E-state index contributed by atoms with van der Waals surface area (Å²) in [6.07, 6.45) is 6.96. The Morgan fingerprint density at radius 1 is 1.31 bits per heavy atom. The molecular weight excluding hydrogens is 194 g/mol. The van der Waals surface area contributed by atoms with Crippen LogP contribution < -0.4 is 0 Å². The molecule has 0 bridgehead atoms. The highest BCUT2D eigenvalue weighted by Crippen LogP contribution is 2.31. The summed E-state index contributed by atoms with van der Waals surface area (Å²) < 4.78 is 2.43. The van der Waals surface area contributed by atoms with Crippen LogP contribution in [0.4, 0.5) is 0 Å². The number of aromatic nitrogens is 1. The lowest BCUT2D eigenvalue weighted by atomic mass is 10.00. The van der Waals surface area contributed by atoms with Gasteiger partial charge in [-0.2, -0.15) is 0 Å². The fraction of sp³-hybridized carbons (Fsp3) is 0.333. The van der Waals surface area contributed by atoms with Gasteiger partial charge in [-0.05, 0) is 50.5 Å². The first-order valence-electron chi connectivity index (χ1n) is 6.09. The molecule has 1 aromatic carbocycles. The number of benzene rings is 1.